The molecule has 1 aromatic rings. The third-order valence-corrected chi connectivity index (χ3v) is 3.22. The van der Waals surface area contributed by atoms with Crippen molar-refractivity contribution in [1.82, 2.24) is 4.57 Å². The fourth-order valence-electron chi connectivity index (χ4n) is 2.35. The van der Waals surface area contributed by atoms with Gasteiger partial charge in [-0.05, 0) is 37.8 Å². The topological polar surface area (TPSA) is 79.5 Å². The number of pyridine rings is 1. The average molecular weight is 237 g/mol. The fourth-order valence-corrected chi connectivity index (χ4v) is 2.35. The van der Waals surface area contributed by atoms with Gasteiger partial charge in [-0.1, -0.05) is 0 Å². The van der Waals surface area contributed by atoms with E-state index >= 15 is 0 Å². The van der Waals surface area contributed by atoms with Gasteiger partial charge < -0.3 is 14.8 Å². The highest BCUT2D eigenvalue weighted by molar-refractivity contribution is 5.86. The molecule has 0 aromatic carbocycles. The second-order valence-corrected chi connectivity index (χ2v) is 4.41. The maximum absolute atomic E-state index is 11.9. The molecule has 1 aliphatic rings. The van der Waals surface area contributed by atoms with E-state index in [0.717, 1.165) is 19.3 Å². The lowest BCUT2D eigenvalue weighted by Crippen LogP contribution is -2.32. The Kier molecular flexibility index (Phi) is 3.28. The lowest BCUT2D eigenvalue weighted by Gasteiger charge is -2.27. The Morgan fingerprint density at radius 2 is 2.18 bits per heavy atom. The predicted octanol–water partition coefficient (Wildman–Crippen LogP) is 1.02. The van der Waals surface area contributed by atoms with Crippen molar-refractivity contribution >= 4 is 5.97 Å². The number of aliphatic hydroxyl groups excluding tert-OH is 1. The van der Waals surface area contributed by atoms with Crippen molar-refractivity contribution in [3.8, 4) is 0 Å². The molecule has 0 amide bonds. The minimum atomic E-state index is -1.21. The van der Waals surface area contributed by atoms with Gasteiger partial charge in [-0.3, -0.25) is 4.79 Å². The summed E-state index contributed by atoms with van der Waals surface area (Å²) >= 11 is 0. The summed E-state index contributed by atoms with van der Waals surface area (Å²) in [7, 11) is 0. The van der Waals surface area contributed by atoms with Crippen LogP contribution in [0, 0.1) is 0 Å². The molecule has 0 bridgehead atoms. The summed E-state index contributed by atoms with van der Waals surface area (Å²) in [6.07, 6.45) is 4.13. The Labute approximate surface area is 98.3 Å². The monoisotopic (exact) mass is 237 g/mol. The molecule has 0 aliphatic heterocycles. The standard InChI is InChI=1S/C12H15NO4/c14-9-4-1-3-8(7-9)13-6-2-5-10(11(13)15)12(16)17/h2,5-6,8-9,14H,1,3-4,7H2,(H,16,17). The largest absolute Gasteiger partial charge is 0.477 e. The molecule has 1 saturated carbocycles. The number of carboxylic acids is 1. The van der Waals surface area contributed by atoms with E-state index < -0.39 is 17.6 Å². The molecule has 0 spiro atoms. The SMILES string of the molecule is O=C(O)c1cccn(C2CCCC(O)C2)c1=O. The molecule has 1 aromatic heterocycles. The van der Waals surface area contributed by atoms with Crippen molar-refractivity contribution in [2.75, 3.05) is 0 Å². The molecule has 2 rings (SSSR count). The lowest BCUT2D eigenvalue weighted by molar-refractivity contribution is 0.0693. The summed E-state index contributed by atoms with van der Waals surface area (Å²) in [5, 5.41) is 18.5. The number of hydrogen-bond acceptors (Lipinski definition) is 3. The van der Waals surface area contributed by atoms with Crippen molar-refractivity contribution < 1.29 is 15.0 Å². The van der Waals surface area contributed by atoms with Crippen molar-refractivity contribution in [1.29, 1.82) is 0 Å². The minimum absolute atomic E-state index is 0.0921. The first-order valence-electron chi connectivity index (χ1n) is 5.72. The molecule has 1 aliphatic carbocycles. The highest BCUT2D eigenvalue weighted by Crippen LogP contribution is 2.27. The van der Waals surface area contributed by atoms with E-state index in [-0.39, 0.29) is 11.6 Å². The van der Waals surface area contributed by atoms with E-state index in [9.17, 15) is 14.7 Å². The average Bonchev–Trinajstić information content (AvgIpc) is 2.29. The second-order valence-electron chi connectivity index (χ2n) is 4.41. The molecular weight excluding hydrogens is 222 g/mol. The van der Waals surface area contributed by atoms with Crippen LogP contribution in [-0.4, -0.2) is 26.9 Å². The number of aromatic nitrogens is 1. The third kappa shape index (κ3) is 2.39. The Balaban J connectivity index is 2.35. The molecule has 1 fully saturated rings. The Morgan fingerprint density at radius 1 is 1.41 bits per heavy atom. The van der Waals surface area contributed by atoms with E-state index in [4.69, 9.17) is 5.11 Å². The number of nitrogens with zero attached hydrogens (tertiary/aromatic N) is 1. The van der Waals surface area contributed by atoms with Crippen LogP contribution in [0.4, 0.5) is 0 Å². The van der Waals surface area contributed by atoms with Gasteiger partial charge in [0, 0.05) is 12.2 Å². The number of carboxylic acid groups (broad SMARTS) is 1. The zero-order chi connectivity index (χ0) is 12.4. The summed E-state index contributed by atoms with van der Waals surface area (Å²) in [5.41, 5.74) is -0.702. The maximum atomic E-state index is 11.9. The van der Waals surface area contributed by atoms with Crippen LogP contribution in [0.15, 0.2) is 23.1 Å². The second kappa shape index (κ2) is 4.71. The van der Waals surface area contributed by atoms with Crippen LogP contribution in [-0.2, 0) is 0 Å². The number of carbonyl (C=O) groups is 1. The molecule has 2 atom stereocenters. The van der Waals surface area contributed by atoms with Gasteiger partial charge in [0.15, 0.2) is 0 Å². The molecule has 1 heterocycles. The summed E-state index contributed by atoms with van der Waals surface area (Å²) < 4.78 is 1.44. The first-order chi connectivity index (χ1) is 8.09. The van der Waals surface area contributed by atoms with Crippen LogP contribution in [0.5, 0.6) is 0 Å². The van der Waals surface area contributed by atoms with E-state index in [1.807, 2.05) is 0 Å². The predicted molar refractivity (Wildman–Crippen MR) is 61.2 cm³/mol. The van der Waals surface area contributed by atoms with Gasteiger partial charge in [-0.2, -0.15) is 0 Å². The first-order valence-corrected chi connectivity index (χ1v) is 5.72. The van der Waals surface area contributed by atoms with Gasteiger partial charge in [0.2, 0.25) is 0 Å². The molecule has 5 heteroatoms. The van der Waals surface area contributed by atoms with Crippen LogP contribution in [0.1, 0.15) is 42.1 Å². The zero-order valence-corrected chi connectivity index (χ0v) is 9.37. The van der Waals surface area contributed by atoms with E-state index in [1.54, 1.807) is 12.3 Å². The van der Waals surface area contributed by atoms with E-state index in [1.165, 1.54) is 10.6 Å². The summed E-state index contributed by atoms with van der Waals surface area (Å²) in [6.45, 7) is 0. The van der Waals surface area contributed by atoms with Crippen molar-refractivity contribution in [3.05, 3.63) is 34.2 Å². The fraction of sp³-hybridized carbons (Fsp3) is 0.500. The summed E-state index contributed by atoms with van der Waals surface area (Å²) in [6, 6.07) is 2.78. The molecule has 17 heavy (non-hydrogen) atoms. The van der Waals surface area contributed by atoms with E-state index in [0.29, 0.717) is 6.42 Å². The number of aliphatic hydroxyl groups is 1. The van der Waals surface area contributed by atoms with Crippen molar-refractivity contribution in [2.24, 2.45) is 0 Å². The molecular formula is C12H15NO4. The normalized spacial score (nSPS) is 24.5. The van der Waals surface area contributed by atoms with Crippen LogP contribution in [0.25, 0.3) is 0 Å². The zero-order valence-electron chi connectivity index (χ0n) is 9.37. The van der Waals surface area contributed by atoms with Crippen molar-refractivity contribution in [3.63, 3.8) is 0 Å². The van der Waals surface area contributed by atoms with E-state index in [2.05, 4.69) is 0 Å². The van der Waals surface area contributed by atoms with Crippen molar-refractivity contribution in [2.45, 2.75) is 37.8 Å². The Hall–Kier alpha value is -1.62. The van der Waals surface area contributed by atoms with Gasteiger partial charge in [0.25, 0.3) is 5.56 Å². The van der Waals surface area contributed by atoms with Crippen LogP contribution >= 0.6 is 0 Å². The molecule has 92 valence electrons. The third-order valence-electron chi connectivity index (χ3n) is 3.22. The molecule has 0 saturated heterocycles. The van der Waals surface area contributed by atoms with Gasteiger partial charge in [-0.25, -0.2) is 4.79 Å². The molecule has 0 radical (unpaired) electrons. The first kappa shape index (κ1) is 11.9. The molecule has 2 N–H and O–H groups in total. The van der Waals surface area contributed by atoms with Crippen LogP contribution in [0.2, 0.25) is 0 Å². The number of aromatic carboxylic acids is 1. The van der Waals surface area contributed by atoms with Gasteiger partial charge >= 0.3 is 5.97 Å². The smallest absolute Gasteiger partial charge is 0.341 e. The Morgan fingerprint density at radius 3 is 2.82 bits per heavy atom. The summed E-state index contributed by atoms with van der Waals surface area (Å²) in [5.74, 6) is -1.21. The number of hydrogen-bond donors (Lipinski definition) is 2. The molecule has 5 nitrogen and oxygen atoms in total. The minimum Gasteiger partial charge on any atom is -0.477 e. The van der Waals surface area contributed by atoms with Crippen LogP contribution < -0.4 is 5.56 Å². The number of rotatable bonds is 2. The summed E-state index contributed by atoms with van der Waals surface area (Å²) in [4.78, 5) is 22.8. The molecule has 2 unspecified atom stereocenters. The quantitative estimate of drug-likeness (QED) is 0.804. The lowest BCUT2D eigenvalue weighted by atomic mass is 9.92. The highest BCUT2D eigenvalue weighted by atomic mass is 16.4. The van der Waals surface area contributed by atoms with Gasteiger partial charge in [0.1, 0.15) is 5.56 Å². The van der Waals surface area contributed by atoms with Gasteiger partial charge in [0.05, 0.1) is 6.10 Å². The van der Waals surface area contributed by atoms with Crippen LogP contribution in [0.3, 0.4) is 0 Å². The Bertz CT molecular complexity index is 480. The van der Waals surface area contributed by atoms with Gasteiger partial charge in [-0.15, -0.1) is 0 Å². The highest BCUT2D eigenvalue weighted by Gasteiger charge is 2.23. The maximum Gasteiger partial charge on any atom is 0.341 e.